The third kappa shape index (κ3) is 3.64. The van der Waals surface area contributed by atoms with E-state index in [1.165, 1.54) is 38.4 Å². The minimum atomic E-state index is -1.03. The van der Waals surface area contributed by atoms with Gasteiger partial charge in [0.2, 0.25) is 5.75 Å². The molecule has 0 unspecified atom stereocenters. The summed E-state index contributed by atoms with van der Waals surface area (Å²) in [6.07, 6.45) is 1.22. The van der Waals surface area contributed by atoms with Crippen molar-refractivity contribution in [3.05, 3.63) is 12.1 Å². The molecule has 0 spiro atoms. The number of piperidine rings is 1. The molecular weight excluding hydrogens is 318 g/mol. The van der Waals surface area contributed by atoms with E-state index in [0.29, 0.717) is 30.2 Å². The van der Waals surface area contributed by atoms with Crippen molar-refractivity contribution in [3.63, 3.8) is 0 Å². The fraction of sp³-hybridized carbons (Fsp3) is 0.500. The van der Waals surface area contributed by atoms with Gasteiger partial charge in [0.25, 0.3) is 0 Å². The highest BCUT2D eigenvalue weighted by Gasteiger charge is 2.33. The van der Waals surface area contributed by atoms with E-state index in [0.717, 1.165) is 12.8 Å². The minimum Gasteiger partial charge on any atom is -0.493 e. The standard InChI is InChI=1S/C16H21NO7/c1-21-12-8-10(9-13(22-2)14(12)23-3)24-16(20)17-7-5-4-6-11(17)15(18)19/h8-9,11H,4-7H2,1-3H3,(H,18,19)/t11-/m0/s1. The Hall–Kier alpha value is -2.64. The molecule has 0 bridgehead atoms. The third-order valence-electron chi connectivity index (χ3n) is 3.87. The van der Waals surface area contributed by atoms with Crippen LogP contribution in [0.25, 0.3) is 0 Å². The lowest BCUT2D eigenvalue weighted by Gasteiger charge is -2.31. The van der Waals surface area contributed by atoms with Crippen molar-refractivity contribution in [1.82, 2.24) is 4.90 Å². The number of carbonyl (C=O) groups excluding carboxylic acids is 1. The zero-order valence-corrected chi connectivity index (χ0v) is 13.9. The monoisotopic (exact) mass is 339 g/mol. The van der Waals surface area contributed by atoms with Crippen LogP contribution >= 0.6 is 0 Å². The summed E-state index contributed by atoms with van der Waals surface area (Å²) in [7, 11) is 4.37. The first-order valence-electron chi connectivity index (χ1n) is 7.53. The number of amides is 1. The van der Waals surface area contributed by atoms with Crippen molar-refractivity contribution in [2.75, 3.05) is 27.9 Å². The van der Waals surface area contributed by atoms with Gasteiger partial charge in [-0.3, -0.25) is 4.90 Å². The number of ether oxygens (including phenoxy) is 4. The van der Waals surface area contributed by atoms with Gasteiger partial charge in [-0.25, -0.2) is 9.59 Å². The van der Waals surface area contributed by atoms with E-state index >= 15 is 0 Å². The van der Waals surface area contributed by atoms with Crippen LogP contribution in [-0.2, 0) is 4.79 Å². The van der Waals surface area contributed by atoms with Crippen LogP contribution in [0.1, 0.15) is 19.3 Å². The van der Waals surface area contributed by atoms with Crippen LogP contribution in [-0.4, -0.2) is 56.0 Å². The molecule has 1 N–H and O–H groups in total. The van der Waals surface area contributed by atoms with Crippen LogP contribution < -0.4 is 18.9 Å². The topological polar surface area (TPSA) is 94.5 Å². The highest BCUT2D eigenvalue weighted by atomic mass is 16.6. The SMILES string of the molecule is COc1cc(OC(=O)N2CCCC[C@H]2C(=O)O)cc(OC)c1OC. The van der Waals surface area contributed by atoms with E-state index in [1.807, 2.05) is 0 Å². The number of hydrogen-bond acceptors (Lipinski definition) is 6. The average molecular weight is 339 g/mol. The van der Waals surface area contributed by atoms with E-state index in [1.54, 1.807) is 0 Å². The first-order chi connectivity index (χ1) is 11.5. The molecule has 0 radical (unpaired) electrons. The molecule has 0 aromatic heterocycles. The zero-order valence-electron chi connectivity index (χ0n) is 13.9. The molecule has 0 aliphatic carbocycles. The predicted molar refractivity (Wildman–Crippen MR) is 84.1 cm³/mol. The van der Waals surface area contributed by atoms with Crippen LogP contribution in [0, 0.1) is 0 Å². The summed E-state index contributed by atoms with van der Waals surface area (Å²) in [6.45, 7) is 0.347. The maximum atomic E-state index is 12.4. The number of benzene rings is 1. The lowest BCUT2D eigenvalue weighted by atomic mass is 10.0. The maximum Gasteiger partial charge on any atom is 0.415 e. The second-order valence-corrected chi connectivity index (χ2v) is 5.27. The lowest BCUT2D eigenvalue weighted by Crippen LogP contribution is -2.49. The smallest absolute Gasteiger partial charge is 0.415 e. The normalized spacial score (nSPS) is 17.1. The summed E-state index contributed by atoms with van der Waals surface area (Å²) in [6, 6.07) is 2.10. The Balaban J connectivity index is 2.23. The molecule has 0 saturated carbocycles. The first kappa shape index (κ1) is 17.7. The fourth-order valence-corrected chi connectivity index (χ4v) is 2.68. The molecule has 24 heavy (non-hydrogen) atoms. The molecule has 132 valence electrons. The second kappa shape index (κ2) is 7.76. The average Bonchev–Trinajstić information content (AvgIpc) is 2.60. The van der Waals surface area contributed by atoms with Crippen molar-refractivity contribution in [1.29, 1.82) is 0 Å². The van der Waals surface area contributed by atoms with Crippen LogP contribution in [0.5, 0.6) is 23.0 Å². The largest absolute Gasteiger partial charge is 0.493 e. The molecule has 1 amide bonds. The third-order valence-corrected chi connectivity index (χ3v) is 3.87. The molecule has 8 nitrogen and oxygen atoms in total. The van der Waals surface area contributed by atoms with Gasteiger partial charge < -0.3 is 24.1 Å². The molecule has 8 heteroatoms. The number of nitrogens with zero attached hydrogens (tertiary/aromatic N) is 1. The Bertz CT molecular complexity index is 591. The van der Waals surface area contributed by atoms with Crippen LogP contribution in [0.4, 0.5) is 4.79 Å². The summed E-state index contributed by atoms with van der Waals surface area (Å²) in [5.41, 5.74) is 0. The Morgan fingerprint density at radius 1 is 1.08 bits per heavy atom. The number of carboxylic acids is 1. The van der Waals surface area contributed by atoms with E-state index in [2.05, 4.69) is 0 Å². The molecule has 2 rings (SSSR count). The van der Waals surface area contributed by atoms with Gasteiger partial charge in [0, 0.05) is 18.7 Å². The van der Waals surface area contributed by atoms with Gasteiger partial charge in [0.05, 0.1) is 21.3 Å². The molecule has 1 aromatic carbocycles. The van der Waals surface area contributed by atoms with Gasteiger partial charge in [-0.05, 0) is 19.3 Å². The van der Waals surface area contributed by atoms with Gasteiger partial charge >= 0.3 is 12.1 Å². The Morgan fingerprint density at radius 2 is 1.71 bits per heavy atom. The van der Waals surface area contributed by atoms with Crippen molar-refractivity contribution >= 4 is 12.1 Å². The van der Waals surface area contributed by atoms with Gasteiger partial charge in [-0.1, -0.05) is 0 Å². The zero-order chi connectivity index (χ0) is 17.7. The second-order valence-electron chi connectivity index (χ2n) is 5.27. The number of aliphatic carboxylic acids is 1. The quantitative estimate of drug-likeness (QED) is 0.878. The molecular formula is C16H21NO7. The lowest BCUT2D eigenvalue weighted by molar-refractivity contribution is -0.143. The Labute approximate surface area is 139 Å². The molecule has 1 aliphatic heterocycles. The van der Waals surface area contributed by atoms with Crippen LogP contribution in [0.2, 0.25) is 0 Å². The molecule has 1 saturated heterocycles. The van der Waals surface area contributed by atoms with E-state index in [4.69, 9.17) is 18.9 Å². The van der Waals surface area contributed by atoms with Gasteiger partial charge in [-0.15, -0.1) is 0 Å². The van der Waals surface area contributed by atoms with E-state index in [9.17, 15) is 14.7 Å². The molecule has 1 atom stereocenters. The molecule has 1 aromatic rings. The molecule has 1 heterocycles. The Kier molecular flexibility index (Phi) is 5.73. The number of methoxy groups -OCH3 is 3. The maximum absolute atomic E-state index is 12.4. The molecule has 1 aliphatic rings. The summed E-state index contributed by atoms with van der Waals surface area (Å²) in [5, 5.41) is 9.25. The van der Waals surface area contributed by atoms with E-state index in [-0.39, 0.29) is 5.75 Å². The highest BCUT2D eigenvalue weighted by molar-refractivity contribution is 5.81. The van der Waals surface area contributed by atoms with Crippen LogP contribution in [0.3, 0.4) is 0 Å². The summed E-state index contributed by atoms with van der Waals surface area (Å²) >= 11 is 0. The Morgan fingerprint density at radius 3 is 2.21 bits per heavy atom. The number of carboxylic acid groups (broad SMARTS) is 1. The van der Waals surface area contributed by atoms with Gasteiger partial charge in [0.15, 0.2) is 11.5 Å². The summed E-state index contributed by atoms with van der Waals surface area (Å²) < 4.78 is 20.9. The summed E-state index contributed by atoms with van der Waals surface area (Å²) in [5.74, 6) is 0.211. The fourth-order valence-electron chi connectivity index (χ4n) is 2.68. The van der Waals surface area contributed by atoms with Crippen molar-refractivity contribution in [3.8, 4) is 23.0 Å². The van der Waals surface area contributed by atoms with Crippen molar-refractivity contribution < 1.29 is 33.6 Å². The first-order valence-corrected chi connectivity index (χ1v) is 7.53. The predicted octanol–water partition coefficient (Wildman–Crippen LogP) is 2.15. The molecule has 1 fully saturated rings. The van der Waals surface area contributed by atoms with Crippen molar-refractivity contribution in [2.24, 2.45) is 0 Å². The van der Waals surface area contributed by atoms with Crippen molar-refractivity contribution in [2.45, 2.75) is 25.3 Å². The van der Waals surface area contributed by atoms with Gasteiger partial charge in [-0.2, -0.15) is 0 Å². The van der Waals surface area contributed by atoms with Crippen LogP contribution in [0.15, 0.2) is 12.1 Å². The minimum absolute atomic E-state index is 0.184. The number of rotatable bonds is 5. The number of carbonyl (C=O) groups is 2. The highest BCUT2D eigenvalue weighted by Crippen LogP contribution is 2.41. The van der Waals surface area contributed by atoms with E-state index < -0.39 is 18.1 Å². The van der Waals surface area contributed by atoms with Gasteiger partial charge in [0.1, 0.15) is 11.8 Å². The summed E-state index contributed by atoms with van der Waals surface area (Å²) in [4.78, 5) is 24.9. The number of hydrogen-bond donors (Lipinski definition) is 1. The number of likely N-dealkylation sites (tertiary alicyclic amines) is 1.